The smallest absolute Gasteiger partial charge is 0.257 e. The summed E-state index contributed by atoms with van der Waals surface area (Å²) in [7, 11) is 0. The molecule has 2 fully saturated rings. The number of hydrogen-bond donors (Lipinski definition) is 3. The molecule has 8 nitrogen and oxygen atoms in total. The van der Waals surface area contributed by atoms with Crippen molar-refractivity contribution in [2.45, 2.75) is 63.7 Å². The molecule has 0 atom stereocenters. The zero-order valence-corrected chi connectivity index (χ0v) is 21.2. The number of hydrogen-bond acceptors (Lipinski definition) is 6. The molecule has 1 amide bonds. The molecular weight excluding hydrogens is 462 g/mol. The van der Waals surface area contributed by atoms with Crippen LogP contribution in [-0.2, 0) is 6.42 Å². The Balaban J connectivity index is 1.16. The Morgan fingerprint density at radius 2 is 1.92 bits per heavy atom. The van der Waals surface area contributed by atoms with Gasteiger partial charge < -0.3 is 10.6 Å². The van der Waals surface area contributed by atoms with E-state index in [9.17, 15) is 4.79 Å². The molecule has 3 aromatic rings. The molecule has 3 N–H and O–H groups in total. The first-order valence-corrected chi connectivity index (χ1v) is 13.7. The number of anilines is 2. The normalized spacial score (nSPS) is 18.1. The maximum atomic E-state index is 12.8. The maximum Gasteiger partial charge on any atom is 0.257 e. The lowest BCUT2D eigenvalue weighted by molar-refractivity contribution is 0.0975. The highest BCUT2D eigenvalue weighted by Gasteiger charge is 2.27. The number of benzene rings is 2. The van der Waals surface area contributed by atoms with Gasteiger partial charge in [0.25, 0.3) is 5.91 Å². The number of rotatable bonds is 7. The number of carbonyl (C=O) groups is 1. The summed E-state index contributed by atoms with van der Waals surface area (Å²) in [6, 6.07) is 14.2. The van der Waals surface area contributed by atoms with Crippen LogP contribution < -0.4 is 16.0 Å². The molecule has 0 unspecified atom stereocenters. The Morgan fingerprint density at radius 3 is 2.73 bits per heavy atom. The lowest BCUT2D eigenvalue weighted by atomic mass is 9.86. The lowest BCUT2D eigenvalue weighted by Gasteiger charge is -2.19. The van der Waals surface area contributed by atoms with Crippen molar-refractivity contribution in [1.82, 2.24) is 25.6 Å². The number of aromatic nitrogens is 3. The van der Waals surface area contributed by atoms with Crippen molar-refractivity contribution in [1.29, 1.82) is 0 Å². The fraction of sp³-hybridized carbons (Fsp3) is 0.448. The first kappa shape index (κ1) is 23.7. The van der Waals surface area contributed by atoms with Crippen LogP contribution >= 0.6 is 0 Å². The van der Waals surface area contributed by atoms with E-state index in [1.165, 1.54) is 37.7 Å². The summed E-state index contributed by atoms with van der Waals surface area (Å²) in [6.45, 7) is 1.58. The molecule has 0 bridgehead atoms. The maximum absolute atomic E-state index is 12.8. The molecule has 2 heterocycles. The molecule has 192 valence electrons. The molecule has 2 aromatic carbocycles. The predicted molar refractivity (Wildman–Crippen MR) is 146 cm³/mol. The predicted octanol–water partition coefficient (Wildman–Crippen LogP) is 5.09. The quantitative estimate of drug-likeness (QED) is 0.423. The van der Waals surface area contributed by atoms with Crippen molar-refractivity contribution < 1.29 is 4.79 Å². The number of nitrogens with one attached hydrogen (secondary N) is 3. The number of carbonyl (C=O) groups excluding carboxylic acids is 1. The number of amides is 1. The van der Waals surface area contributed by atoms with Crippen LogP contribution in [0.2, 0.25) is 0 Å². The van der Waals surface area contributed by atoms with Crippen LogP contribution in [0.5, 0.6) is 0 Å². The van der Waals surface area contributed by atoms with Crippen molar-refractivity contribution in [3.63, 3.8) is 0 Å². The molecule has 37 heavy (non-hydrogen) atoms. The topological polar surface area (TPSA) is 96.2 Å². The minimum atomic E-state index is -0.126. The van der Waals surface area contributed by atoms with Gasteiger partial charge in [0.15, 0.2) is 5.96 Å². The number of guanidine groups is 1. The Kier molecular flexibility index (Phi) is 6.88. The van der Waals surface area contributed by atoms with Gasteiger partial charge in [-0.15, -0.1) is 5.10 Å². The van der Waals surface area contributed by atoms with Gasteiger partial charge in [-0.05, 0) is 79.5 Å². The number of aliphatic imine (C=N–C) groups is 1. The van der Waals surface area contributed by atoms with Crippen LogP contribution in [0, 0.1) is 5.92 Å². The second-order valence-corrected chi connectivity index (χ2v) is 10.6. The van der Waals surface area contributed by atoms with Crippen LogP contribution in [-0.4, -0.2) is 40.0 Å². The largest absolute Gasteiger partial charge is 0.356 e. The van der Waals surface area contributed by atoms with Crippen LogP contribution in [0.15, 0.2) is 53.7 Å². The third kappa shape index (κ3) is 5.84. The standard InChI is InChI=1S/C29H35N7O/c37-28(33-29-30-14-5-15-31-29)22-12-13-27(26(17-22)21-10-11-21)32-23-8-4-9-25(18-23)36-19-24(34-35-36)16-20-6-2-1-3-7-20/h4,8-9,12-13,17-21,32H,1-3,5-7,10-11,14-16H2,(H2,30,31,33,37). The summed E-state index contributed by atoms with van der Waals surface area (Å²) in [5, 5.41) is 18.5. The van der Waals surface area contributed by atoms with Gasteiger partial charge in [-0.1, -0.05) is 43.4 Å². The van der Waals surface area contributed by atoms with Gasteiger partial charge in [0.2, 0.25) is 0 Å². The lowest BCUT2D eigenvalue weighted by Crippen LogP contribution is -2.43. The summed E-state index contributed by atoms with van der Waals surface area (Å²) in [4.78, 5) is 17.2. The van der Waals surface area contributed by atoms with Crippen molar-refractivity contribution in [2.24, 2.45) is 10.9 Å². The van der Waals surface area contributed by atoms with Crippen molar-refractivity contribution in [3.8, 4) is 5.69 Å². The molecule has 2 aliphatic carbocycles. The Hall–Kier alpha value is -3.68. The Morgan fingerprint density at radius 1 is 1.03 bits per heavy atom. The second kappa shape index (κ2) is 10.7. The summed E-state index contributed by atoms with van der Waals surface area (Å²) < 4.78 is 1.88. The van der Waals surface area contributed by atoms with Gasteiger partial charge in [-0.2, -0.15) is 0 Å². The van der Waals surface area contributed by atoms with E-state index >= 15 is 0 Å². The van der Waals surface area contributed by atoms with Gasteiger partial charge in [-0.3, -0.25) is 15.1 Å². The minimum Gasteiger partial charge on any atom is -0.356 e. The molecule has 0 spiro atoms. The number of nitrogens with zero attached hydrogens (tertiary/aromatic N) is 4. The van der Waals surface area contributed by atoms with Gasteiger partial charge in [0.05, 0.1) is 17.6 Å². The van der Waals surface area contributed by atoms with Crippen molar-refractivity contribution in [3.05, 3.63) is 65.5 Å². The van der Waals surface area contributed by atoms with Crippen LogP contribution in [0.4, 0.5) is 11.4 Å². The molecule has 8 heteroatoms. The van der Waals surface area contributed by atoms with E-state index in [0.29, 0.717) is 17.4 Å². The second-order valence-electron chi connectivity index (χ2n) is 10.6. The van der Waals surface area contributed by atoms with Gasteiger partial charge in [0, 0.05) is 30.0 Å². The third-order valence-corrected chi connectivity index (χ3v) is 7.61. The third-order valence-electron chi connectivity index (χ3n) is 7.61. The molecular formula is C29H35N7O. The molecule has 1 aromatic heterocycles. The van der Waals surface area contributed by atoms with Crippen LogP contribution in [0.3, 0.4) is 0 Å². The van der Waals surface area contributed by atoms with Gasteiger partial charge in [0.1, 0.15) is 0 Å². The van der Waals surface area contributed by atoms with Gasteiger partial charge >= 0.3 is 0 Å². The van der Waals surface area contributed by atoms with E-state index < -0.39 is 0 Å². The van der Waals surface area contributed by atoms with Gasteiger partial charge in [-0.25, -0.2) is 4.68 Å². The monoisotopic (exact) mass is 497 g/mol. The summed E-state index contributed by atoms with van der Waals surface area (Å²) in [5.74, 6) is 1.67. The highest BCUT2D eigenvalue weighted by atomic mass is 16.1. The molecule has 1 aliphatic heterocycles. The average Bonchev–Trinajstić information content (AvgIpc) is 3.68. The summed E-state index contributed by atoms with van der Waals surface area (Å²) in [5.41, 5.74) is 5.93. The van der Waals surface area contributed by atoms with E-state index in [2.05, 4.69) is 55.7 Å². The molecule has 0 saturated heterocycles. The Bertz CT molecular complexity index is 1290. The van der Waals surface area contributed by atoms with E-state index in [0.717, 1.165) is 67.4 Å². The Labute approximate surface area is 218 Å². The molecule has 6 rings (SSSR count). The summed E-state index contributed by atoms with van der Waals surface area (Å²) >= 11 is 0. The highest BCUT2D eigenvalue weighted by molar-refractivity contribution is 6.06. The zero-order chi connectivity index (χ0) is 25.0. The van der Waals surface area contributed by atoms with E-state index in [1.54, 1.807) is 0 Å². The van der Waals surface area contributed by atoms with Crippen LogP contribution in [0.25, 0.3) is 5.69 Å². The average molecular weight is 498 g/mol. The fourth-order valence-corrected chi connectivity index (χ4v) is 5.43. The first-order valence-electron chi connectivity index (χ1n) is 13.7. The van der Waals surface area contributed by atoms with Crippen molar-refractivity contribution in [2.75, 3.05) is 18.4 Å². The van der Waals surface area contributed by atoms with E-state index in [4.69, 9.17) is 0 Å². The van der Waals surface area contributed by atoms with Crippen molar-refractivity contribution >= 4 is 23.2 Å². The van der Waals surface area contributed by atoms with E-state index in [1.807, 2.05) is 28.9 Å². The first-order chi connectivity index (χ1) is 18.2. The highest BCUT2D eigenvalue weighted by Crippen LogP contribution is 2.44. The SMILES string of the molecule is O=C(NC1=NCCCN1)c1ccc(Nc2cccc(-n3cc(CC4CCCCC4)nn3)c2)c(C2CC2)c1. The minimum absolute atomic E-state index is 0.126. The van der Waals surface area contributed by atoms with E-state index in [-0.39, 0.29) is 5.91 Å². The molecule has 2 saturated carbocycles. The zero-order valence-electron chi connectivity index (χ0n) is 21.2. The molecule has 0 radical (unpaired) electrons. The fourth-order valence-electron chi connectivity index (χ4n) is 5.43. The van der Waals surface area contributed by atoms with Crippen LogP contribution in [0.1, 0.15) is 78.9 Å². The molecule has 3 aliphatic rings. The summed E-state index contributed by atoms with van der Waals surface area (Å²) in [6.07, 6.45) is 13.0.